The molecule has 1 heterocycles. The van der Waals surface area contributed by atoms with E-state index < -0.39 is 5.60 Å². The number of carbonyl (C=O) groups excluding carboxylic acids is 1. The molecule has 0 radical (unpaired) electrons. The Morgan fingerprint density at radius 1 is 1.41 bits per heavy atom. The van der Waals surface area contributed by atoms with Crippen molar-refractivity contribution in [1.29, 1.82) is 0 Å². The monoisotopic (exact) mass is 242 g/mol. The number of aliphatic hydroxyl groups is 1. The maximum atomic E-state index is 11.9. The third kappa shape index (κ3) is 5.50. The molecule has 3 N–H and O–H groups in total. The van der Waals surface area contributed by atoms with Crippen LogP contribution in [-0.2, 0) is 4.79 Å². The molecule has 0 spiro atoms. The molecule has 0 aromatic heterocycles. The second-order valence-corrected chi connectivity index (χ2v) is 5.28. The first-order valence-corrected chi connectivity index (χ1v) is 6.78. The summed E-state index contributed by atoms with van der Waals surface area (Å²) in [7, 11) is 0. The zero-order valence-electron chi connectivity index (χ0n) is 11.1. The van der Waals surface area contributed by atoms with Gasteiger partial charge >= 0.3 is 0 Å². The second-order valence-electron chi connectivity index (χ2n) is 5.28. The highest BCUT2D eigenvalue weighted by atomic mass is 16.3. The lowest BCUT2D eigenvalue weighted by Gasteiger charge is -2.25. The predicted molar refractivity (Wildman–Crippen MR) is 68.8 cm³/mol. The molecule has 1 saturated heterocycles. The van der Waals surface area contributed by atoms with Gasteiger partial charge in [0, 0.05) is 6.54 Å². The number of amides is 1. The first kappa shape index (κ1) is 14.5. The molecule has 4 nitrogen and oxygen atoms in total. The van der Waals surface area contributed by atoms with Gasteiger partial charge in [-0.25, -0.2) is 0 Å². The van der Waals surface area contributed by atoms with Gasteiger partial charge in [0.1, 0.15) is 0 Å². The van der Waals surface area contributed by atoms with Crippen LogP contribution in [0.3, 0.4) is 0 Å². The summed E-state index contributed by atoms with van der Waals surface area (Å²) in [6.45, 7) is 4.92. The lowest BCUT2D eigenvalue weighted by Crippen LogP contribution is -2.49. The summed E-state index contributed by atoms with van der Waals surface area (Å²) in [6.07, 6.45) is 6.28. The molecule has 1 aliphatic rings. The fraction of sp³-hybridized carbons (Fsp3) is 0.923. The minimum atomic E-state index is -0.794. The van der Waals surface area contributed by atoms with Crippen molar-refractivity contribution in [1.82, 2.24) is 10.6 Å². The molecule has 100 valence electrons. The Balaban J connectivity index is 2.34. The van der Waals surface area contributed by atoms with Gasteiger partial charge in [0.2, 0.25) is 5.91 Å². The Labute approximate surface area is 104 Å². The van der Waals surface area contributed by atoms with Gasteiger partial charge in [-0.2, -0.15) is 0 Å². The largest absolute Gasteiger partial charge is 0.388 e. The van der Waals surface area contributed by atoms with Crippen LogP contribution in [0.15, 0.2) is 0 Å². The highest BCUT2D eigenvalue weighted by Crippen LogP contribution is 2.10. The van der Waals surface area contributed by atoms with Crippen molar-refractivity contribution in [3.63, 3.8) is 0 Å². The van der Waals surface area contributed by atoms with Gasteiger partial charge in [0.15, 0.2) is 0 Å². The highest BCUT2D eigenvalue weighted by Gasteiger charge is 2.22. The van der Waals surface area contributed by atoms with Crippen LogP contribution in [0.5, 0.6) is 0 Å². The normalized spacial score (nSPS) is 25.5. The van der Waals surface area contributed by atoms with E-state index in [4.69, 9.17) is 0 Å². The third-order valence-electron chi connectivity index (χ3n) is 3.53. The van der Waals surface area contributed by atoms with E-state index in [1.807, 2.05) is 6.92 Å². The van der Waals surface area contributed by atoms with Crippen LogP contribution >= 0.6 is 0 Å². The number of rotatable bonds is 4. The maximum Gasteiger partial charge on any atom is 0.237 e. The average molecular weight is 242 g/mol. The molecule has 0 saturated carbocycles. The Hall–Kier alpha value is -0.610. The van der Waals surface area contributed by atoms with Crippen LogP contribution in [0.2, 0.25) is 0 Å². The lowest BCUT2D eigenvalue weighted by atomic mass is 10.0. The van der Waals surface area contributed by atoms with Crippen LogP contribution in [0, 0.1) is 0 Å². The van der Waals surface area contributed by atoms with Crippen molar-refractivity contribution in [3.8, 4) is 0 Å². The molecule has 0 aromatic rings. The molecular formula is C13H26N2O2. The molecule has 2 atom stereocenters. The molecule has 1 amide bonds. The molecule has 4 heteroatoms. The van der Waals surface area contributed by atoms with Crippen molar-refractivity contribution in [2.24, 2.45) is 0 Å². The van der Waals surface area contributed by atoms with E-state index in [2.05, 4.69) is 10.6 Å². The molecule has 0 bridgehead atoms. The Morgan fingerprint density at radius 3 is 2.82 bits per heavy atom. The molecule has 17 heavy (non-hydrogen) atoms. The van der Waals surface area contributed by atoms with Gasteiger partial charge < -0.3 is 15.7 Å². The minimum absolute atomic E-state index is 0.0284. The molecule has 1 rings (SSSR count). The van der Waals surface area contributed by atoms with Gasteiger partial charge in [-0.15, -0.1) is 0 Å². The fourth-order valence-electron chi connectivity index (χ4n) is 1.95. The van der Waals surface area contributed by atoms with Crippen molar-refractivity contribution in [3.05, 3.63) is 0 Å². The summed E-state index contributed by atoms with van der Waals surface area (Å²) in [6, 6.07) is -0.0806. The Kier molecular flexibility index (Phi) is 5.92. The van der Waals surface area contributed by atoms with Gasteiger partial charge in [-0.05, 0) is 32.7 Å². The van der Waals surface area contributed by atoms with Gasteiger partial charge in [0.25, 0.3) is 0 Å². The first-order chi connectivity index (χ1) is 8.05. The summed E-state index contributed by atoms with van der Waals surface area (Å²) in [5.74, 6) is 0.0284. The van der Waals surface area contributed by atoms with Gasteiger partial charge in [0.05, 0.1) is 11.6 Å². The fourth-order valence-corrected chi connectivity index (χ4v) is 1.95. The SMILES string of the molecule is CCC(C)(O)CNC(=O)C1CCCCCCN1. The van der Waals surface area contributed by atoms with Crippen molar-refractivity contribution in [2.75, 3.05) is 13.1 Å². The van der Waals surface area contributed by atoms with Gasteiger partial charge in [-0.1, -0.05) is 26.2 Å². The molecular weight excluding hydrogens is 216 g/mol. The van der Waals surface area contributed by atoms with E-state index in [1.54, 1.807) is 6.92 Å². The van der Waals surface area contributed by atoms with E-state index in [9.17, 15) is 9.90 Å². The first-order valence-electron chi connectivity index (χ1n) is 6.78. The Morgan fingerprint density at radius 2 is 2.12 bits per heavy atom. The highest BCUT2D eigenvalue weighted by molar-refractivity contribution is 5.81. The smallest absolute Gasteiger partial charge is 0.237 e. The topological polar surface area (TPSA) is 61.4 Å². The molecule has 0 aromatic carbocycles. The number of carbonyl (C=O) groups is 1. The van der Waals surface area contributed by atoms with E-state index in [-0.39, 0.29) is 11.9 Å². The molecule has 1 fully saturated rings. The van der Waals surface area contributed by atoms with Crippen LogP contribution < -0.4 is 10.6 Å². The predicted octanol–water partition coefficient (Wildman–Crippen LogP) is 1.19. The summed E-state index contributed by atoms with van der Waals surface area (Å²) >= 11 is 0. The summed E-state index contributed by atoms with van der Waals surface area (Å²) < 4.78 is 0. The van der Waals surface area contributed by atoms with E-state index in [0.717, 1.165) is 25.8 Å². The number of nitrogens with one attached hydrogen (secondary N) is 2. The van der Waals surface area contributed by atoms with E-state index in [1.165, 1.54) is 12.8 Å². The van der Waals surface area contributed by atoms with Crippen LogP contribution in [-0.4, -0.2) is 35.7 Å². The zero-order chi connectivity index (χ0) is 12.7. The maximum absolute atomic E-state index is 11.9. The minimum Gasteiger partial charge on any atom is -0.388 e. The van der Waals surface area contributed by atoms with Crippen LogP contribution in [0.25, 0.3) is 0 Å². The van der Waals surface area contributed by atoms with Crippen molar-refractivity contribution in [2.45, 2.75) is 64.0 Å². The average Bonchev–Trinajstić information content (AvgIpc) is 2.26. The van der Waals surface area contributed by atoms with Crippen molar-refractivity contribution >= 4 is 5.91 Å². The molecule has 1 aliphatic heterocycles. The number of hydrogen-bond acceptors (Lipinski definition) is 3. The summed E-state index contributed by atoms with van der Waals surface area (Å²) in [4.78, 5) is 11.9. The summed E-state index contributed by atoms with van der Waals surface area (Å²) in [5.41, 5.74) is -0.794. The molecule has 0 aliphatic carbocycles. The van der Waals surface area contributed by atoms with Crippen LogP contribution in [0.1, 0.15) is 52.4 Å². The second kappa shape index (κ2) is 6.97. The van der Waals surface area contributed by atoms with E-state index in [0.29, 0.717) is 13.0 Å². The third-order valence-corrected chi connectivity index (χ3v) is 3.53. The van der Waals surface area contributed by atoms with Gasteiger partial charge in [-0.3, -0.25) is 4.79 Å². The number of hydrogen-bond donors (Lipinski definition) is 3. The summed E-state index contributed by atoms with van der Waals surface area (Å²) in [5, 5.41) is 16.0. The quantitative estimate of drug-likeness (QED) is 0.694. The Bertz CT molecular complexity index is 234. The molecule has 2 unspecified atom stereocenters. The lowest BCUT2D eigenvalue weighted by molar-refractivity contribution is -0.124. The zero-order valence-corrected chi connectivity index (χ0v) is 11.1. The van der Waals surface area contributed by atoms with E-state index >= 15 is 0 Å². The van der Waals surface area contributed by atoms with Crippen molar-refractivity contribution < 1.29 is 9.90 Å². The van der Waals surface area contributed by atoms with Crippen LogP contribution in [0.4, 0.5) is 0 Å². The standard InChI is InChI=1S/C13H26N2O2/c1-3-13(2,17)10-15-12(16)11-8-6-4-5-7-9-14-11/h11,14,17H,3-10H2,1-2H3,(H,15,16).